The molecule has 0 amide bonds. The molecular weight excluding hydrogens is 236 g/mol. The van der Waals surface area contributed by atoms with Crippen molar-refractivity contribution in [3.05, 3.63) is 29.3 Å². The average molecular weight is 262 g/mol. The predicted molar refractivity (Wildman–Crippen MR) is 82.1 cm³/mol. The van der Waals surface area contributed by atoms with Gasteiger partial charge in [-0.25, -0.2) is 0 Å². The van der Waals surface area contributed by atoms with Crippen LogP contribution in [0.2, 0.25) is 0 Å². The lowest BCUT2D eigenvalue weighted by molar-refractivity contribution is 0.185. The molecule has 0 aromatic heterocycles. The van der Waals surface area contributed by atoms with Crippen LogP contribution < -0.4 is 9.47 Å². The van der Waals surface area contributed by atoms with Gasteiger partial charge in [0.2, 0.25) is 0 Å². The molecule has 0 radical (unpaired) electrons. The standard InChI is InChI=1S/C17H26O2/c1-6-9-14-12-16(18-5)13(4)11-17(14)19-15(8-3)10-7-2/h6,9,11-12,15H,7-8,10H2,1-5H3/b9-6+. The Balaban J connectivity index is 3.06. The van der Waals surface area contributed by atoms with E-state index in [9.17, 15) is 0 Å². The lowest BCUT2D eigenvalue weighted by Gasteiger charge is -2.20. The van der Waals surface area contributed by atoms with Gasteiger partial charge in [0.1, 0.15) is 11.5 Å². The Morgan fingerprint density at radius 1 is 1.21 bits per heavy atom. The summed E-state index contributed by atoms with van der Waals surface area (Å²) in [6, 6.07) is 4.12. The fourth-order valence-corrected chi connectivity index (χ4v) is 2.16. The molecule has 0 saturated carbocycles. The highest BCUT2D eigenvalue weighted by Crippen LogP contribution is 2.31. The topological polar surface area (TPSA) is 18.5 Å². The SMILES string of the molecule is C/C=C/c1cc(OC)c(C)cc1OC(CC)CCC. The number of methoxy groups -OCH3 is 1. The van der Waals surface area contributed by atoms with E-state index >= 15 is 0 Å². The third-order valence-electron chi connectivity index (χ3n) is 3.23. The third kappa shape index (κ3) is 4.30. The average Bonchev–Trinajstić information content (AvgIpc) is 2.41. The van der Waals surface area contributed by atoms with Crippen molar-refractivity contribution in [2.24, 2.45) is 0 Å². The highest BCUT2D eigenvalue weighted by atomic mass is 16.5. The van der Waals surface area contributed by atoms with Gasteiger partial charge in [-0.05, 0) is 44.4 Å². The molecule has 0 saturated heterocycles. The molecular formula is C17H26O2. The first-order valence-electron chi connectivity index (χ1n) is 7.14. The van der Waals surface area contributed by atoms with E-state index in [4.69, 9.17) is 9.47 Å². The summed E-state index contributed by atoms with van der Waals surface area (Å²) in [5.74, 6) is 1.86. The van der Waals surface area contributed by atoms with E-state index in [1.807, 2.05) is 26.0 Å². The molecule has 0 N–H and O–H groups in total. The maximum Gasteiger partial charge on any atom is 0.127 e. The van der Waals surface area contributed by atoms with E-state index in [-0.39, 0.29) is 0 Å². The van der Waals surface area contributed by atoms with Crippen LogP contribution in [0.5, 0.6) is 11.5 Å². The summed E-state index contributed by atoms with van der Waals surface area (Å²) in [4.78, 5) is 0. The zero-order chi connectivity index (χ0) is 14.3. The minimum atomic E-state index is 0.293. The summed E-state index contributed by atoms with van der Waals surface area (Å²) in [6.07, 6.45) is 7.66. The van der Waals surface area contributed by atoms with Gasteiger partial charge in [0, 0.05) is 5.56 Å². The number of allylic oxidation sites excluding steroid dienone is 1. The molecule has 0 aliphatic heterocycles. The van der Waals surface area contributed by atoms with Crippen LogP contribution in [0.15, 0.2) is 18.2 Å². The molecule has 0 aliphatic carbocycles. The van der Waals surface area contributed by atoms with Crippen molar-refractivity contribution in [2.75, 3.05) is 7.11 Å². The van der Waals surface area contributed by atoms with Gasteiger partial charge >= 0.3 is 0 Å². The molecule has 19 heavy (non-hydrogen) atoms. The van der Waals surface area contributed by atoms with E-state index in [0.29, 0.717) is 6.10 Å². The third-order valence-corrected chi connectivity index (χ3v) is 3.23. The molecule has 1 atom stereocenters. The summed E-state index contributed by atoms with van der Waals surface area (Å²) < 4.78 is 11.5. The second-order valence-corrected chi connectivity index (χ2v) is 4.80. The Labute approximate surface area is 117 Å². The van der Waals surface area contributed by atoms with Crippen LogP contribution in [0.4, 0.5) is 0 Å². The smallest absolute Gasteiger partial charge is 0.127 e. The van der Waals surface area contributed by atoms with Crippen molar-refractivity contribution >= 4 is 6.08 Å². The minimum absolute atomic E-state index is 0.293. The van der Waals surface area contributed by atoms with Crippen molar-refractivity contribution in [1.29, 1.82) is 0 Å². The predicted octanol–water partition coefficient (Wildman–Crippen LogP) is 4.99. The van der Waals surface area contributed by atoms with E-state index in [1.165, 1.54) is 0 Å². The fourth-order valence-electron chi connectivity index (χ4n) is 2.16. The molecule has 0 spiro atoms. The normalized spacial score (nSPS) is 12.7. The number of rotatable bonds is 7. The van der Waals surface area contributed by atoms with E-state index in [0.717, 1.165) is 41.9 Å². The Kier molecular flexibility index (Phi) is 6.48. The second kappa shape index (κ2) is 7.88. The van der Waals surface area contributed by atoms with Crippen LogP contribution in [0.1, 0.15) is 51.2 Å². The van der Waals surface area contributed by atoms with Crippen molar-refractivity contribution < 1.29 is 9.47 Å². The van der Waals surface area contributed by atoms with Crippen molar-refractivity contribution in [3.8, 4) is 11.5 Å². The molecule has 0 aliphatic rings. The number of hydrogen-bond donors (Lipinski definition) is 0. The molecule has 0 bridgehead atoms. The maximum atomic E-state index is 6.16. The molecule has 0 fully saturated rings. The molecule has 1 aromatic carbocycles. The van der Waals surface area contributed by atoms with Crippen molar-refractivity contribution in [3.63, 3.8) is 0 Å². The van der Waals surface area contributed by atoms with Crippen molar-refractivity contribution in [1.82, 2.24) is 0 Å². The first kappa shape index (κ1) is 15.6. The molecule has 1 rings (SSSR count). The first-order valence-corrected chi connectivity index (χ1v) is 7.14. The fraction of sp³-hybridized carbons (Fsp3) is 0.529. The highest BCUT2D eigenvalue weighted by Gasteiger charge is 2.12. The van der Waals surface area contributed by atoms with Gasteiger partial charge in [-0.1, -0.05) is 32.4 Å². The van der Waals surface area contributed by atoms with Crippen LogP contribution in [0, 0.1) is 6.92 Å². The van der Waals surface area contributed by atoms with Crippen LogP contribution in [-0.4, -0.2) is 13.2 Å². The summed E-state index contributed by atoms with van der Waals surface area (Å²) in [5.41, 5.74) is 2.19. The van der Waals surface area contributed by atoms with Gasteiger partial charge in [-0.2, -0.15) is 0 Å². The lowest BCUT2D eigenvalue weighted by Crippen LogP contribution is -2.15. The van der Waals surface area contributed by atoms with Gasteiger partial charge in [-0.15, -0.1) is 0 Å². The first-order chi connectivity index (χ1) is 9.15. The van der Waals surface area contributed by atoms with Crippen molar-refractivity contribution in [2.45, 2.75) is 53.1 Å². The van der Waals surface area contributed by atoms with Crippen LogP contribution >= 0.6 is 0 Å². The van der Waals surface area contributed by atoms with E-state index in [1.54, 1.807) is 7.11 Å². The zero-order valence-corrected chi connectivity index (χ0v) is 12.8. The lowest BCUT2D eigenvalue weighted by atomic mass is 10.1. The molecule has 2 nitrogen and oxygen atoms in total. The number of benzene rings is 1. The van der Waals surface area contributed by atoms with Gasteiger partial charge in [0.15, 0.2) is 0 Å². The molecule has 1 unspecified atom stereocenters. The molecule has 1 aromatic rings. The van der Waals surface area contributed by atoms with E-state index in [2.05, 4.69) is 26.0 Å². The van der Waals surface area contributed by atoms with Gasteiger partial charge < -0.3 is 9.47 Å². The Hall–Kier alpha value is -1.44. The van der Waals surface area contributed by atoms with Crippen LogP contribution in [-0.2, 0) is 0 Å². The molecule has 0 heterocycles. The van der Waals surface area contributed by atoms with Crippen LogP contribution in [0.3, 0.4) is 0 Å². The van der Waals surface area contributed by atoms with Gasteiger partial charge in [0.25, 0.3) is 0 Å². The van der Waals surface area contributed by atoms with Crippen LogP contribution in [0.25, 0.3) is 6.08 Å². The molecule has 106 valence electrons. The second-order valence-electron chi connectivity index (χ2n) is 4.80. The minimum Gasteiger partial charge on any atom is -0.496 e. The summed E-state index contributed by atoms with van der Waals surface area (Å²) >= 11 is 0. The summed E-state index contributed by atoms with van der Waals surface area (Å²) in [7, 11) is 1.70. The zero-order valence-electron chi connectivity index (χ0n) is 12.8. The number of aryl methyl sites for hydroxylation is 1. The monoisotopic (exact) mass is 262 g/mol. The maximum absolute atomic E-state index is 6.16. The molecule has 2 heteroatoms. The summed E-state index contributed by atoms with van der Waals surface area (Å²) in [5, 5.41) is 0. The number of hydrogen-bond acceptors (Lipinski definition) is 2. The number of ether oxygens (including phenoxy) is 2. The Morgan fingerprint density at radius 2 is 1.95 bits per heavy atom. The quantitative estimate of drug-likeness (QED) is 0.689. The highest BCUT2D eigenvalue weighted by molar-refractivity contribution is 5.61. The largest absolute Gasteiger partial charge is 0.496 e. The van der Waals surface area contributed by atoms with Gasteiger partial charge in [-0.3, -0.25) is 0 Å². The van der Waals surface area contributed by atoms with Gasteiger partial charge in [0.05, 0.1) is 13.2 Å². The Bertz CT molecular complexity index is 422. The Morgan fingerprint density at radius 3 is 2.47 bits per heavy atom. The van der Waals surface area contributed by atoms with E-state index < -0.39 is 0 Å². The summed E-state index contributed by atoms with van der Waals surface area (Å²) in [6.45, 7) is 8.43.